The first-order chi connectivity index (χ1) is 5.57. The maximum Gasteiger partial charge on any atom is 0.322 e. The number of primary amides is 1. The van der Waals surface area contributed by atoms with Crippen LogP contribution in [0.15, 0.2) is 0 Å². The number of hydrogen-bond donors (Lipinski definition) is 4. The summed E-state index contributed by atoms with van der Waals surface area (Å²) < 4.78 is 0. The zero-order valence-corrected chi connectivity index (χ0v) is 6.83. The number of rotatable bonds is 6. The Kier molecular flexibility index (Phi) is 4.98. The van der Waals surface area contributed by atoms with Crippen molar-refractivity contribution in [3.05, 3.63) is 0 Å². The van der Waals surface area contributed by atoms with Gasteiger partial charge in [0.15, 0.2) is 0 Å². The predicted octanol–water partition coefficient (Wildman–Crippen LogP) is -1.57. The van der Waals surface area contributed by atoms with Crippen molar-refractivity contribution in [2.24, 2.45) is 5.73 Å². The first-order valence-corrected chi connectivity index (χ1v) is 3.51. The van der Waals surface area contributed by atoms with Crippen LogP contribution in [0, 0.1) is 0 Å². The van der Waals surface area contributed by atoms with Gasteiger partial charge in [0, 0.05) is 6.42 Å². The maximum absolute atomic E-state index is 10.4. The van der Waals surface area contributed by atoms with Gasteiger partial charge in [-0.1, -0.05) is 0 Å². The Bertz CT molecular complexity index is 171. The second-order valence-electron chi connectivity index (χ2n) is 2.29. The maximum atomic E-state index is 10.4. The number of carbonyl (C=O) groups excluding carboxylic acids is 1. The Labute approximate surface area is 70.1 Å². The molecular weight excluding hydrogens is 162 g/mol. The second-order valence-corrected chi connectivity index (χ2v) is 2.29. The number of carboxylic acid groups (broad SMARTS) is 1. The first kappa shape index (κ1) is 10.9. The smallest absolute Gasteiger partial charge is 0.322 e. The number of carboxylic acids is 1. The van der Waals surface area contributed by atoms with Crippen LogP contribution >= 0.6 is 0 Å². The third-order valence-electron chi connectivity index (χ3n) is 1.30. The molecule has 0 spiro atoms. The highest BCUT2D eigenvalue weighted by molar-refractivity contribution is 5.77. The summed E-state index contributed by atoms with van der Waals surface area (Å²) in [6.45, 7) is 0. The summed E-state index contributed by atoms with van der Waals surface area (Å²) in [6, 6.07) is -0.775. The molecule has 0 aliphatic rings. The van der Waals surface area contributed by atoms with E-state index in [0.717, 1.165) is 0 Å². The Morgan fingerprint density at radius 1 is 1.58 bits per heavy atom. The van der Waals surface area contributed by atoms with Crippen LogP contribution in [0.4, 0.5) is 0 Å². The van der Waals surface area contributed by atoms with Gasteiger partial charge in [-0.15, -0.1) is 0 Å². The van der Waals surface area contributed by atoms with Crippen molar-refractivity contribution in [1.82, 2.24) is 10.9 Å². The summed E-state index contributed by atoms with van der Waals surface area (Å²) >= 11 is 0. The minimum Gasteiger partial charge on any atom is -0.480 e. The fourth-order valence-electron chi connectivity index (χ4n) is 0.718. The fourth-order valence-corrected chi connectivity index (χ4v) is 0.718. The molecule has 12 heavy (non-hydrogen) atoms. The zero-order chi connectivity index (χ0) is 9.56. The molecule has 5 N–H and O–H groups in total. The lowest BCUT2D eigenvalue weighted by molar-refractivity contribution is -0.140. The fraction of sp³-hybridized carbons (Fsp3) is 0.667. The van der Waals surface area contributed by atoms with E-state index in [2.05, 4.69) is 10.9 Å². The predicted molar refractivity (Wildman–Crippen MR) is 42.0 cm³/mol. The third-order valence-corrected chi connectivity index (χ3v) is 1.30. The van der Waals surface area contributed by atoms with Gasteiger partial charge < -0.3 is 10.8 Å². The Balaban J connectivity index is 3.79. The molecule has 0 radical (unpaired) electrons. The average molecular weight is 175 g/mol. The van der Waals surface area contributed by atoms with E-state index in [0.29, 0.717) is 0 Å². The molecule has 0 bridgehead atoms. The molecule has 0 aromatic heterocycles. The zero-order valence-electron chi connectivity index (χ0n) is 6.83. The molecule has 0 heterocycles. The monoisotopic (exact) mass is 175 g/mol. The van der Waals surface area contributed by atoms with Gasteiger partial charge in [0.05, 0.1) is 0 Å². The molecule has 0 aromatic carbocycles. The van der Waals surface area contributed by atoms with E-state index in [1.807, 2.05) is 0 Å². The summed E-state index contributed by atoms with van der Waals surface area (Å²) in [5, 5.41) is 8.56. The van der Waals surface area contributed by atoms with E-state index in [1.165, 1.54) is 0 Å². The highest BCUT2D eigenvalue weighted by Crippen LogP contribution is 1.95. The van der Waals surface area contributed by atoms with Crippen molar-refractivity contribution in [3.8, 4) is 0 Å². The van der Waals surface area contributed by atoms with Gasteiger partial charge >= 0.3 is 5.97 Å². The first-order valence-electron chi connectivity index (χ1n) is 3.51. The molecule has 0 rings (SSSR count). The largest absolute Gasteiger partial charge is 0.480 e. The van der Waals surface area contributed by atoms with Crippen molar-refractivity contribution < 1.29 is 14.7 Å². The molecule has 0 aliphatic carbocycles. The number of nitrogens with one attached hydrogen (secondary N) is 2. The number of amides is 1. The lowest BCUT2D eigenvalue weighted by Crippen LogP contribution is -2.44. The van der Waals surface area contributed by atoms with Gasteiger partial charge in [0.25, 0.3) is 0 Å². The van der Waals surface area contributed by atoms with Gasteiger partial charge in [0.2, 0.25) is 5.91 Å². The molecule has 70 valence electrons. The van der Waals surface area contributed by atoms with E-state index in [4.69, 9.17) is 10.8 Å². The number of nitrogens with two attached hydrogens (primary N) is 1. The number of hydrogen-bond acceptors (Lipinski definition) is 4. The van der Waals surface area contributed by atoms with Gasteiger partial charge in [-0.25, -0.2) is 5.43 Å². The summed E-state index contributed by atoms with van der Waals surface area (Å²) in [6.07, 6.45) is 0.247. The normalized spacial score (nSPS) is 12.4. The number of hydrazine groups is 1. The van der Waals surface area contributed by atoms with Crippen LogP contribution in [0.2, 0.25) is 0 Å². The van der Waals surface area contributed by atoms with E-state index >= 15 is 0 Å². The summed E-state index contributed by atoms with van der Waals surface area (Å²) in [5.41, 5.74) is 9.83. The number of aliphatic carboxylic acids is 1. The molecule has 1 atom stereocenters. The Morgan fingerprint density at radius 2 is 2.17 bits per heavy atom. The van der Waals surface area contributed by atoms with Crippen LogP contribution < -0.4 is 16.6 Å². The molecule has 6 nitrogen and oxygen atoms in total. The van der Waals surface area contributed by atoms with Crippen molar-refractivity contribution in [3.63, 3.8) is 0 Å². The minimum absolute atomic E-state index is 0.0612. The van der Waals surface area contributed by atoms with Crippen LogP contribution in [0.25, 0.3) is 0 Å². The Morgan fingerprint density at radius 3 is 2.50 bits per heavy atom. The summed E-state index contributed by atoms with van der Waals surface area (Å²) in [5.74, 6) is -1.51. The van der Waals surface area contributed by atoms with E-state index in [1.54, 1.807) is 7.05 Å². The quantitative estimate of drug-likeness (QED) is 0.365. The Hall–Kier alpha value is -1.14. The molecule has 0 fully saturated rings. The van der Waals surface area contributed by atoms with E-state index in [9.17, 15) is 9.59 Å². The molecule has 0 unspecified atom stereocenters. The van der Waals surface area contributed by atoms with Crippen molar-refractivity contribution >= 4 is 11.9 Å². The highest BCUT2D eigenvalue weighted by atomic mass is 16.4. The molecule has 0 aromatic rings. The van der Waals surface area contributed by atoms with Crippen molar-refractivity contribution in [1.29, 1.82) is 0 Å². The van der Waals surface area contributed by atoms with Crippen molar-refractivity contribution in [2.75, 3.05) is 7.05 Å². The van der Waals surface area contributed by atoms with E-state index in [-0.39, 0.29) is 12.8 Å². The summed E-state index contributed by atoms with van der Waals surface area (Å²) in [7, 11) is 1.56. The molecule has 0 aliphatic heterocycles. The topological polar surface area (TPSA) is 104 Å². The highest BCUT2D eigenvalue weighted by Gasteiger charge is 2.16. The van der Waals surface area contributed by atoms with Gasteiger partial charge in [0.1, 0.15) is 6.04 Å². The van der Waals surface area contributed by atoms with Crippen LogP contribution in [-0.2, 0) is 9.59 Å². The van der Waals surface area contributed by atoms with Crippen LogP contribution in [0.3, 0.4) is 0 Å². The lowest BCUT2D eigenvalue weighted by atomic mass is 10.1. The molecule has 6 heteroatoms. The van der Waals surface area contributed by atoms with Crippen LogP contribution in [0.1, 0.15) is 12.8 Å². The molecule has 0 saturated heterocycles. The van der Waals surface area contributed by atoms with Crippen LogP contribution in [0.5, 0.6) is 0 Å². The number of carbonyl (C=O) groups is 2. The van der Waals surface area contributed by atoms with Gasteiger partial charge in [-0.2, -0.15) is 0 Å². The van der Waals surface area contributed by atoms with Gasteiger partial charge in [-0.3, -0.25) is 15.0 Å². The summed E-state index contributed by atoms with van der Waals surface area (Å²) in [4.78, 5) is 20.8. The second kappa shape index (κ2) is 5.50. The lowest BCUT2D eigenvalue weighted by Gasteiger charge is -2.11. The standard InChI is InChI=1S/C6H13N3O3/c1-8-9-4(6(11)12)2-3-5(7)10/h4,8-9H,2-3H2,1H3,(H2,7,10)(H,11,12)/t4-/m0/s1. The molecule has 1 amide bonds. The average Bonchev–Trinajstić information content (AvgIpc) is 1.96. The molecule has 0 saturated carbocycles. The van der Waals surface area contributed by atoms with E-state index < -0.39 is 17.9 Å². The van der Waals surface area contributed by atoms with Crippen LogP contribution in [-0.4, -0.2) is 30.1 Å². The van der Waals surface area contributed by atoms with Gasteiger partial charge in [-0.05, 0) is 13.5 Å². The minimum atomic E-state index is -1.01. The van der Waals surface area contributed by atoms with Crippen molar-refractivity contribution in [2.45, 2.75) is 18.9 Å². The molecular formula is C6H13N3O3. The third kappa shape index (κ3) is 4.64. The SMILES string of the molecule is CNN[C@@H](CCC(N)=O)C(=O)O.